The third kappa shape index (κ3) is 3.48. The summed E-state index contributed by atoms with van der Waals surface area (Å²) >= 11 is 0. The molecule has 2 N–H and O–H groups in total. The molecule has 0 amide bonds. The van der Waals surface area contributed by atoms with Crippen LogP contribution in [0.4, 0.5) is 8.78 Å². The van der Waals surface area contributed by atoms with Gasteiger partial charge in [-0.1, -0.05) is 24.3 Å². The second-order valence-electron chi connectivity index (χ2n) is 4.66. The molecule has 1 saturated carbocycles. The third-order valence-corrected chi connectivity index (χ3v) is 3.20. The van der Waals surface area contributed by atoms with Gasteiger partial charge in [-0.25, -0.2) is 8.78 Å². The summed E-state index contributed by atoms with van der Waals surface area (Å²) in [5.41, 5.74) is 1.07. The summed E-state index contributed by atoms with van der Waals surface area (Å²) in [5.74, 6) is 0.560. The quantitative estimate of drug-likeness (QED) is 0.830. The topological polar surface area (TPSA) is 32.3 Å². The zero-order valence-corrected chi connectivity index (χ0v) is 9.57. The van der Waals surface area contributed by atoms with Gasteiger partial charge in [0.2, 0.25) is 0 Å². The molecule has 2 rings (SSSR count). The first kappa shape index (κ1) is 12.5. The standard InChI is InChI=1S/C13H17F2NO/c14-13(15)11-3-1-9(2-4-11)7-16-8-10-5-12(17)6-10/h1-4,10,12-13,16-17H,5-8H2. The minimum absolute atomic E-state index is 0.0656. The zero-order valence-electron chi connectivity index (χ0n) is 9.57. The van der Waals surface area contributed by atoms with Crippen molar-refractivity contribution in [3.05, 3.63) is 35.4 Å². The van der Waals surface area contributed by atoms with Crippen LogP contribution in [0, 0.1) is 5.92 Å². The molecule has 94 valence electrons. The van der Waals surface area contributed by atoms with Crippen LogP contribution in [-0.4, -0.2) is 17.8 Å². The van der Waals surface area contributed by atoms with Crippen LogP contribution in [0.3, 0.4) is 0 Å². The van der Waals surface area contributed by atoms with Crippen LogP contribution in [0.15, 0.2) is 24.3 Å². The molecule has 4 heteroatoms. The predicted molar refractivity (Wildman–Crippen MR) is 61.8 cm³/mol. The van der Waals surface area contributed by atoms with Gasteiger partial charge in [-0.15, -0.1) is 0 Å². The first-order valence-corrected chi connectivity index (χ1v) is 5.91. The molecule has 0 atom stereocenters. The van der Waals surface area contributed by atoms with Crippen LogP contribution < -0.4 is 5.32 Å². The summed E-state index contributed by atoms with van der Waals surface area (Å²) in [6.45, 7) is 1.57. The Kier molecular flexibility index (Phi) is 4.07. The summed E-state index contributed by atoms with van der Waals surface area (Å²) in [6, 6.07) is 6.39. The van der Waals surface area contributed by atoms with E-state index in [9.17, 15) is 8.78 Å². The van der Waals surface area contributed by atoms with E-state index in [4.69, 9.17) is 5.11 Å². The van der Waals surface area contributed by atoms with Gasteiger partial charge in [0, 0.05) is 12.1 Å². The number of rotatable bonds is 5. The Morgan fingerprint density at radius 1 is 1.24 bits per heavy atom. The van der Waals surface area contributed by atoms with Crippen molar-refractivity contribution in [3.8, 4) is 0 Å². The minimum atomic E-state index is -2.39. The number of alkyl halides is 2. The highest BCUT2D eigenvalue weighted by Gasteiger charge is 2.26. The van der Waals surface area contributed by atoms with Crippen molar-refractivity contribution in [1.82, 2.24) is 5.32 Å². The Morgan fingerprint density at radius 3 is 2.41 bits per heavy atom. The summed E-state index contributed by atoms with van der Waals surface area (Å²) in [6.07, 6.45) is -0.769. The van der Waals surface area contributed by atoms with E-state index in [1.807, 2.05) is 0 Å². The molecule has 0 aromatic heterocycles. The van der Waals surface area contributed by atoms with Gasteiger partial charge in [0.1, 0.15) is 0 Å². The molecule has 1 fully saturated rings. The van der Waals surface area contributed by atoms with Crippen LogP contribution in [-0.2, 0) is 6.54 Å². The third-order valence-electron chi connectivity index (χ3n) is 3.20. The monoisotopic (exact) mass is 241 g/mol. The summed E-state index contributed by atoms with van der Waals surface area (Å²) in [5, 5.41) is 12.4. The average Bonchev–Trinajstić information content (AvgIpc) is 2.27. The lowest BCUT2D eigenvalue weighted by molar-refractivity contribution is 0.0430. The lowest BCUT2D eigenvalue weighted by atomic mass is 9.82. The van der Waals surface area contributed by atoms with Gasteiger partial charge in [0.05, 0.1) is 6.10 Å². The Balaban J connectivity index is 1.71. The van der Waals surface area contributed by atoms with Gasteiger partial charge in [0.15, 0.2) is 0 Å². The maximum atomic E-state index is 12.3. The molecular weight excluding hydrogens is 224 g/mol. The smallest absolute Gasteiger partial charge is 0.263 e. The zero-order chi connectivity index (χ0) is 12.3. The van der Waals surface area contributed by atoms with Gasteiger partial charge in [0.25, 0.3) is 6.43 Å². The van der Waals surface area contributed by atoms with Crippen molar-refractivity contribution in [2.24, 2.45) is 5.92 Å². The van der Waals surface area contributed by atoms with Crippen LogP contribution in [0.25, 0.3) is 0 Å². The van der Waals surface area contributed by atoms with Crippen molar-refractivity contribution in [2.45, 2.75) is 31.9 Å². The molecule has 0 bridgehead atoms. The normalized spacial score (nSPS) is 23.8. The molecule has 0 spiro atoms. The molecule has 0 heterocycles. The van der Waals surface area contributed by atoms with Crippen LogP contribution in [0.2, 0.25) is 0 Å². The first-order chi connectivity index (χ1) is 8.15. The lowest BCUT2D eigenvalue weighted by Crippen LogP contribution is -2.35. The van der Waals surface area contributed by atoms with Crippen molar-refractivity contribution in [3.63, 3.8) is 0 Å². The van der Waals surface area contributed by atoms with Gasteiger partial charge >= 0.3 is 0 Å². The Morgan fingerprint density at radius 2 is 1.88 bits per heavy atom. The number of aliphatic hydroxyl groups excluding tert-OH is 1. The molecule has 1 aliphatic rings. The molecule has 0 aliphatic heterocycles. The Labute approximate surface area is 99.7 Å². The molecule has 0 radical (unpaired) electrons. The highest BCUT2D eigenvalue weighted by Crippen LogP contribution is 2.26. The minimum Gasteiger partial charge on any atom is -0.393 e. The maximum absolute atomic E-state index is 12.3. The summed E-state index contributed by atoms with van der Waals surface area (Å²) in [4.78, 5) is 0. The van der Waals surface area contributed by atoms with Gasteiger partial charge in [-0.2, -0.15) is 0 Å². The van der Waals surface area contributed by atoms with Crippen LogP contribution in [0.1, 0.15) is 30.4 Å². The van der Waals surface area contributed by atoms with E-state index in [1.165, 1.54) is 12.1 Å². The van der Waals surface area contributed by atoms with Gasteiger partial charge < -0.3 is 10.4 Å². The number of halogens is 2. The number of nitrogens with one attached hydrogen (secondary N) is 1. The lowest BCUT2D eigenvalue weighted by Gasteiger charge is -2.31. The molecule has 2 nitrogen and oxygen atoms in total. The maximum Gasteiger partial charge on any atom is 0.263 e. The van der Waals surface area contributed by atoms with E-state index in [0.717, 1.165) is 24.9 Å². The van der Waals surface area contributed by atoms with Crippen molar-refractivity contribution in [2.75, 3.05) is 6.54 Å². The largest absolute Gasteiger partial charge is 0.393 e. The SMILES string of the molecule is OC1CC(CNCc2ccc(C(F)F)cc2)C1. The molecule has 1 aromatic rings. The van der Waals surface area contributed by atoms with Crippen LogP contribution >= 0.6 is 0 Å². The number of hydrogen-bond donors (Lipinski definition) is 2. The Hall–Kier alpha value is -1.00. The first-order valence-electron chi connectivity index (χ1n) is 5.91. The van der Waals surface area contributed by atoms with E-state index in [0.29, 0.717) is 12.5 Å². The van der Waals surface area contributed by atoms with Crippen molar-refractivity contribution in [1.29, 1.82) is 0 Å². The van der Waals surface area contributed by atoms with E-state index >= 15 is 0 Å². The van der Waals surface area contributed by atoms with E-state index in [2.05, 4.69) is 5.32 Å². The number of benzene rings is 1. The molecular formula is C13H17F2NO. The van der Waals surface area contributed by atoms with E-state index in [-0.39, 0.29) is 11.7 Å². The molecule has 0 unspecified atom stereocenters. The molecule has 1 aliphatic carbocycles. The highest BCUT2D eigenvalue weighted by molar-refractivity contribution is 5.23. The molecule has 0 saturated heterocycles. The fourth-order valence-corrected chi connectivity index (χ4v) is 2.07. The van der Waals surface area contributed by atoms with Gasteiger partial charge in [-0.3, -0.25) is 0 Å². The molecule has 1 aromatic carbocycles. The predicted octanol–water partition coefficient (Wildman–Crippen LogP) is 2.48. The summed E-state index contributed by atoms with van der Waals surface area (Å²) < 4.78 is 24.6. The summed E-state index contributed by atoms with van der Waals surface area (Å²) in [7, 11) is 0. The van der Waals surface area contributed by atoms with E-state index < -0.39 is 6.43 Å². The Bertz CT molecular complexity index is 347. The second kappa shape index (κ2) is 5.56. The van der Waals surface area contributed by atoms with E-state index in [1.54, 1.807) is 12.1 Å². The molecule has 17 heavy (non-hydrogen) atoms. The average molecular weight is 241 g/mol. The number of hydrogen-bond acceptors (Lipinski definition) is 2. The van der Waals surface area contributed by atoms with Crippen LogP contribution in [0.5, 0.6) is 0 Å². The fourth-order valence-electron chi connectivity index (χ4n) is 2.07. The second-order valence-corrected chi connectivity index (χ2v) is 4.66. The van der Waals surface area contributed by atoms with Gasteiger partial charge in [-0.05, 0) is 30.9 Å². The van der Waals surface area contributed by atoms with Crippen molar-refractivity contribution >= 4 is 0 Å². The highest BCUT2D eigenvalue weighted by atomic mass is 19.3. The van der Waals surface area contributed by atoms with Crippen molar-refractivity contribution < 1.29 is 13.9 Å². The number of aliphatic hydroxyl groups is 1. The fraction of sp³-hybridized carbons (Fsp3) is 0.538.